The van der Waals surface area contributed by atoms with Gasteiger partial charge in [-0.2, -0.15) is 0 Å². The fourth-order valence-electron chi connectivity index (χ4n) is 2.33. The molecule has 2 rings (SSSR count). The normalized spacial score (nSPS) is 11.7. The third-order valence-electron chi connectivity index (χ3n) is 3.47. The predicted molar refractivity (Wildman–Crippen MR) is 98.5 cm³/mol. The summed E-state index contributed by atoms with van der Waals surface area (Å²) in [6.45, 7) is 5.82. The molecular weight excluding hydrogens is 318 g/mol. The number of methoxy groups -OCH3 is 1. The predicted octanol–water partition coefficient (Wildman–Crippen LogP) is 4.28. The largest absolute Gasteiger partial charge is 0.493 e. The fraction of sp³-hybridized carbons (Fsp3) is 0.350. The number of benzene rings is 2. The second kappa shape index (κ2) is 8.97. The van der Waals surface area contributed by atoms with E-state index in [9.17, 15) is 4.79 Å². The van der Waals surface area contributed by atoms with Crippen molar-refractivity contribution in [3.05, 3.63) is 48.5 Å². The number of carbonyl (C=O) groups excluding carboxylic acids is 1. The number of rotatable bonds is 8. The van der Waals surface area contributed by atoms with E-state index in [2.05, 4.69) is 5.32 Å². The average Bonchev–Trinajstić information content (AvgIpc) is 2.59. The second-order valence-electron chi connectivity index (χ2n) is 5.85. The molecule has 2 aromatic rings. The first-order valence-electron chi connectivity index (χ1n) is 8.40. The van der Waals surface area contributed by atoms with Gasteiger partial charge in [0.05, 0.1) is 13.2 Å². The number of para-hydroxylation sites is 2. The van der Waals surface area contributed by atoms with Crippen molar-refractivity contribution in [1.29, 1.82) is 0 Å². The van der Waals surface area contributed by atoms with Crippen molar-refractivity contribution >= 4 is 11.6 Å². The lowest BCUT2D eigenvalue weighted by atomic mass is 10.2. The number of anilines is 1. The molecule has 25 heavy (non-hydrogen) atoms. The Kier molecular flexibility index (Phi) is 6.69. The highest BCUT2D eigenvalue weighted by atomic mass is 16.5. The number of carbonyl (C=O) groups is 1. The summed E-state index contributed by atoms with van der Waals surface area (Å²) >= 11 is 0. The van der Waals surface area contributed by atoms with Gasteiger partial charge in [-0.1, -0.05) is 25.1 Å². The first-order valence-corrected chi connectivity index (χ1v) is 8.40. The van der Waals surface area contributed by atoms with Crippen molar-refractivity contribution in [2.24, 2.45) is 0 Å². The number of hydrogen-bond acceptors (Lipinski definition) is 4. The van der Waals surface area contributed by atoms with Gasteiger partial charge in [0, 0.05) is 11.8 Å². The first kappa shape index (κ1) is 18.6. The number of hydrogen-bond donors (Lipinski definition) is 1. The van der Waals surface area contributed by atoms with E-state index in [1.54, 1.807) is 25.3 Å². The zero-order valence-electron chi connectivity index (χ0n) is 15.1. The van der Waals surface area contributed by atoms with Crippen molar-refractivity contribution in [3.63, 3.8) is 0 Å². The van der Waals surface area contributed by atoms with Crippen LogP contribution in [-0.2, 0) is 4.79 Å². The van der Waals surface area contributed by atoms with Crippen LogP contribution in [-0.4, -0.2) is 25.2 Å². The molecule has 0 aliphatic rings. The van der Waals surface area contributed by atoms with Crippen molar-refractivity contribution in [2.75, 3.05) is 12.4 Å². The van der Waals surface area contributed by atoms with Crippen LogP contribution in [0.1, 0.15) is 27.2 Å². The smallest absolute Gasteiger partial charge is 0.265 e. The SMILES string of the molecule is CC[C@@H](Oc1ccccc1OC)C(=O)Nc1cccc(OC(C)C)c1. The Balaban J connectivity index is 2.07. The quantitative estimate of drug-likeness (QED) is 0.777. The molecule has 134 valence electrons. The van der Waals surface area contributed by atoms with Gasteiger partial charge >= 0.3 is 0 Å². The van der Waals surface area contributed by atoms with Crippen molar-refractivity contribution in [2.45, 2.75) is 39.4 Å². The summed E-state index contributed by atoms with van der Waals surface area (Å²) < 4.78 is 16.8. The molecule has 5 heteroatoms. The summed E-state index contributed by atoms with van der Waals surface area (Å²) in [4.78, 5) is 12.6. The summed E-state index contributed by atoms with van der Waals surface area (Å²) in [7, 11) is 1.57. The Morgan fingerprint density at radius 1 is 1.04 bits per heavy atom. The summed E-state index contributed by atoms with van der Waals surface area (Å²) in [6.07, 6.45) is -0.0132. The van der Waals surface area contributed by atoms with Gasteiger partial charge in [-0.25, -0.2) is 0 Å². The summed E-state index contributed by atoms with van der Waals surface area (Å²) in [5.41, 5.74) is 0.672. The Morgan fingerprint density at radius 2 is 1.76 bits per heavy atom. The van der Waals surface area contributed by atoms with Gasteiger partial charge < -0.3 is 19.5 Å². The molecule has 0 spiro atoms. The second-order valence-corrected chi connectivity index (χ2v) is 5.85. The third kappa shape index (κ3) is 5.41. The zero-order chi connectivity index (χ0) is 18.2. The zero-order valence-corrected chi connectivity index (χ0v) is 15.1. The number of nitrogens with one attached hydrogen (secondary N) is 1. The molecule has 0 bridgehead atoms. The molecule has 0 aromatic heterocycles. The van der Waals surface area contributed by atoms with Gasteiger partial charge in [0.1, 0.15) is 5.75 Å². The molecule has 0 unspecified atom stereocenters. The topological polar surface area (TPSA) is 56.8 Å². The molecule has 0 saturated carbocycles. The molecule has 0 radical (unpaired) electrons. The molecule has 2 aromatic carbocycles. The minimum absolute atomic E-state index is 0.0724. The Bertz CT molecular complexity index is 700. The maximum atomic E-state index is 12.6. The van der Waals surface area contributed by atoms with Crippen LogP contribution in [0.4, 0.5) is 5.69 Å². The van der Waals surface area contributed by atoms with E-state index in [1.165, 1.54) is 0 Å². The average molecular weight is 343 g/mol. The van der Waals surface area contributed by atoms with Gasteiger partial charge in [-0.15, -0.1) is 0 Å². The van der Waals surface area contributed by atoms with Crippen LogP contribution in [0.25, 0.3) is 0 Å². The van der Waals surface area contributed by atoms with Crippen LogP contribution in [0.2, 0.25) is 0 Å². The molecule has 0 aliphatic heterocycles. The van der Waals surface area contributed by atoms with E-state index in [4.69, 9.17) is 14.2 Å². The maximum absolute atomic E-state index is 12.6. The van der Waals surface area contributed by atoms with Crippen LogP contribution in [0.15, 0.2) is 48.5 Å². The van der Waals surface area contributed by atoms with Gasteiger partial charge in [-0.3, -0.25) is 4.79 Å². The highest BCUT2D eigenvalue weighted by molar-refractivity contribution is 5.94. The van der Waals surface area contributed by atoms with E-state index in [-0.39, 0.29) is 12.0 Å². The molecule has 1 N–H and O–H groups in total. The van der Waals surface area contributed by atoms with Crippen molar-refractivity contribution in [1.82, 2.24) is 0 Å². The molecule has 0 fully saturated rings. The third-order valence-corrected chi connectivity index (χ3v) is 3.47. The van der Waals surface area contributed by atoms with Crippen LogP contribution in [0, 0.1) is 0 Å². The Hall–Kier alpha value is -2.69. The van der Waals surface area contributed by atoms with Crippen LogP contribution in [0.3, 0.4) is 0 Å². The molecule has 0 heterocycles. The van der Waals surface area contributed by atoms with E-state index in [1.807, 2.05) is 51.1 Å². The van der Waals surface area contributed by atoms with E-state index in [0.717, 1.165) is 0 Å². The minimum atomic E-state index is -0.619. The first-order chi connectivity index (χ1) is 12.0. The Morgan fingerprint density at radius 3 is 2.40 bits per heavy atom. The summed E-state index contributed by atoms with van der Waals surface area (Å²) in [6, 6.07) is 14.6. The standard InChI is InChI=1S/C20H25NO4/c1-5-17(25-19-12-7-6-11-18(19)23-4)20(22)21-15-9-8-10-16(13-15)24-14(2)3/h6-14,17H,5H2,1-4H3,(H,21,22)/t17-/m1/s1. The van der Waals surface area contributed by atoms with Gasteiger partial charge in [0.25, 0.3) is 5.91 Å². The Labute approximate surface area is 148 Å². The lowest BCUT2D eigenvalue weighted by Gasteiger charge is -2.19. The lowest BCUT2D eigenvalue weighted by Crippen LogP contribution is -2.32. The molecule has 5 nitrogen and oxygen atoms in total. The minimum Gasteiger partial charge on any atom is -0.493 e. The summed E-state index contributed by atoms with van der Waals surface area (Å²) in [5, 5.41) is 2.88. The van der Waals surface area contributed by atoms with Gasteiger partial charge in [-0.05, 0) is 44.5 Å². The van der Waals surface area contributed by atoms with Crippen LogP contribution in [0.5, 0.6) is 17.2 Å². The van der Waals surface area contributed by atoms with E-state index >= 15 is 0 Å². The molecule has 1 atom stereocenters. The number of ether oxygens (including phenoxy) is 3. The molecule has 0 aliphatic carbocycles. The number of amides is 1. The monoisotopic (exact) mass is 343 g/mol. The van der Waals surface area contributed by atoms with Gasteiger partial charge in [0.2, 0.25) is 0 Å². The lowest BCUT2D eigenvalue weighted by molar-refractivity contribution is -0.122. The van der Waals surface area contributed by atoms with Crippen LogP contribution >= 0.6 is 0 Å². The molecular formula is C20H25NO4. The highest BCUT2D eigenvalue weighted by Gasteiger charge is 2.20. The van der Waals surface area contributed by atoms with E-state index in [0.29, 0.717) is 29.4 Å². The maximum Gasteiger partial charge on any atom is 0.265 e. The molecule has 0 saturated heterocycles. The van der Waals surface area contributed by atoms with Crippen molar-refractivity contribution in [3.8, 4) is 17.2 Å². The van der Waals surface area contributed by atoms with Crippen molar-refractivity contribution < 1.29 is 19.0 Å². The van der Waals surface area contributed by atoms with E-state index < -0.39 is 6.10 Å². The fourth-order valence-corrected chi connectivity index (χ4v) is 2.33. The summed E-state index contributed by atoms with van der Waals surface area (Å²) in [5.74, 6) is 1.64. The van der Waals surface area contributed by atoms with Gasteiger partial charge in [0.15, 0.2) is 17.6 Å². The molecule has 1 amide bonds. The highest BCUT2D eigenvalue weighted by Crippen LogP contribution is 2.27. The van der Waals surface area contributed by atoms with Crippen LogP contribution < -0.4 is 19.5 Å².